The molecule has 0 aliphatic heterocycles. The Kier molecular flexibility index (Phi) is 8.52. The molecule has 0 N–H and O–H groups in total. The van der Waals surface area contributed by atoms with Crippen LogP contribution in [-0.2, 0) is 6.61 Å². The first kappa shape index (κ1) is 25.8. The maximum absolute atomic E-state index is 13.8. The highest BCUT2D eigenvalue weighted by molar-refractivity contribution is 6.13. The van der Waals surface area contributed by atoms with Gasteiger partial charge in [-0.3, -0.25) is 4.79 Å². The van der Waals surface area contributed by atoms with Crippen molar-refractivity contribution in [3.8, 4) is 34.5 Å². The second-order valence-corrected chi connectivity index (χ2v) is 7.59. The summed E-state index contributed by atoms with van der Waals surface area (Å²) in [5.41, 5.74) is 1.19. The molecule has 3 aromatic carbocycles. The molecular formula is C27H33NO7. The van der Waals surface area contributed by atoms with Crippen molar-refractivity contribution in [1.82, 2.24) is 4.90 Å². The van der Waals surface area contributed by atoms with E-state index in [2.05, 4.69) is 0 Å². The minimum absolute atomic E-state index is 0.216. The van der Waals surface area contributed by atoms with E-state index in [-0.39, 0.29) is 23.8 Å². The Hall–Kier alpha value is -3.81. The van der Waals surface area contributed by atoms with E-state index in [0.29, 0.717) is 52.6 Å². The zero-order chi connectivity index (χ0) is 25.5. The van der Waals surface area contributed by atoms with Gasteiger partial charge in [-0.05, 0) is 19.4 Å². The van der Waals surface area contributed by atoms with Crippen LogP contribution >= 0.6 is 0 Å². The summed E-state index contributed by atoms with van der Waals surface area (Å²) in [6.07, 6.45) is 0. The van der Waals surface area contributed by atoms with Gasteiger partial charge in [0.25, 0.3) is 5.91 Å². The van der Waals surface area contributed by atoms with Crippen LogP contribution in [-0.4, -0.2) is 59.4 Å². The molecule has 3 aromatic rings. The third-order valence-electron chi connectivity index (χ3n) is 5.87. The van der Waals surface area contributed by atoms with Gasteiger partial charge in [0, 0.05) is 19.2 Å². The first-order chi connectivity index (χ1) is 17.0. The van der Waals surface area contributed by atoms with Crippen LogP contribution in [0.5, 0.6) is 34.5 Å². The molecule has 0 aliphatic carbocycles. The molecule has 0 unspecified atom stereocenters. The number of nitrogens with zero attached hydrogens (tertiary/aromatic N) is 1. The number of benzene rings is 3. The van der Waals surface area contributed by atoms with E-state index in [4.69, 9.17) is 28.4 Å². The van der Waals surface area contributed by atoms with Crippen LogP contribution < -0.4 is 28.4 Å². The lowest BCUT2D eigenvalue weighted by atomic mass is 9.98. The normalized spacial score (nSPS) is 10.6. The third kappa shape index (κ3) is 4.73. The van der Waals surface area contributed by atoms with E-state index in [1.165, 1.54) is 35.5 Å². The molecule has 0 spiro atoms. The molecule has 3 rings (SSSR count). The molecule has 1 amide bonds. The highest BCUT2D eigenvalue weighted by Gasteiger charge is 2.33. The average molecular weight is 484 g/mol. The fourth-order valence-corrected chi connectivity index (χ4v) is 4.16. The van der Waals surface area contributed by atoms with Crippen LogP contribution in [0.1, 0.15) is 29.8 Å². The summed E-state index contributed by atoms with van der Waals surface area (Å²) in [7, 11) is 7.65. The van der Waals surface area contributed by atoms with Crippen molar-refractivity contribution in [3.63, 3.8) is 0 Å². The number of rotatable bonds is 11. The Morgan fingerprint density at radius 2 is 1.31 bits per heavy atom. The molecule has 8 heteroatoms. The van der Waals surface area contributed by atoms with Crippen molar-refractivity contribution in [3.05, 3.63) is 47.5 Å². The molecule has 8 nitrogen and oxygen atoms in total. The van der Waals surface area contributed by atoms with Gasteiger partial charge in [-0.25, -0.2) is 0 Å². The lowest BCUT2D eigenvalue weighted by Gasteiger charge is -2.26. The van der Waals surface area contributed by atoms with Gasteiger partial charge in [0.1, 0.15) is 23.7 Å². The summed E-state index contributed by atoms with van der Waals surface area (Å²) >= 11 is 0. The molecule has 0 saturated carbocycles. The van der Waals surface area contributed by atoms with Crippen molar-refractivity contribution in [1.29, 1.82) is 0 Å². The standard InChI is InChI=1S/C27H33NO7/c1-8-28(9-2)27(29)22-24(33-6)20-18(30-3)15-19(31-4)23(32-5)21(20)25(34-7)26(22)35-16-17-13-11-10-12-14-17/h10-15H,8-9,16H2,1-7H3. The number of fused-ring (bicyclic) bond motifs is 1. The molecule has 0 saturated heterocycles. The van der Waals surface area contributed by atoms with Crippen LogP contribution in [0.25, 0.3) is 10.8 Å². The maximum atomic E-state index is 13.8. The van der Waals surface area contributed by atoms with Gasteiger partial charge in [-0.2, -0.15) is 0 Å². The van der Waals surface area contributed by atoms with E-state index in [1.54, 1.807) is 11.0 Å². The summed E-state index contributed by atoms with van der Waals surface area (Å²) in [6.45, 7) is 5.09. The Morgan fingerprint density at radius 1 is 0.714 bits per heavy atom. The molecule has 188 valence electrons. The van der Waals surface area contributed by atoms with Gasteiger partial charge < -0.3 is 33.3 Å². The summed E-state index contributed by atoms with van der Waals surface area (Å²) in [5.74, 6) is 1.92. The largest absolute Gasteiger partial charge is 0.496 e. The van der Waals surface area contributed by atoms with Crippen molar-refractivity contribution in [2.45, 2.75) is 20.5 Å². The Labute approximate surface area is 206 Å². The molecule has 35 heavy (non-hydrogen) atoms. The Balaban J connectivity index is 2.47. The van der Waals surface area contributed by atoms with E-state index in [1.807, 2.05) is 44.2 Å². The second kappa shape index (κ2) is 11.6. The monoisotopic (exact) mass is 483 g/mol. The third-order valence-corrected chi connectivity index (χ3v) is 5.87. The van der Waals surface area contributed by atoms with Crippen LogP contribution in [0.3, 0.4) is 0 Å². The van der Waals surface area contributed by atoms with Gasteiger partial charge in [0.05, 0.1) is 46.3 Å². The Morgan fingerprint density at radius 3 is 1.83 bits per heavy atom. The van der Waals surface area contributed by atoms with Crippen LogP contribution in [0.4, 0.5) is 0 Å². The number of hydrogen-bond acceptors (Lipinski definition) is 7. The molecule has 0 radical (unpaired) electrons. The highest BCUT2D eigenvalue weighted by Crippen LogP contribution is 2.55. The number of ether oxygens (including phenoxy) is 6. The maximum Gasteiger partial charge on any atom is 0.261 e. The number of carbonyl (C=O) groups is 1. The molecule has 0 bridgehead atoms. The molecule has 0 heterocycles. The van der Waals surface area contributed by atoms with Gasteiger partial charge in [0.15, 0.2) is 23.0 Å². The lowest BCUT2D eigenvalue weighted by Crippen LogP contribution is -2.31. The zero-order valence-corrected chi connectivity index (χ0v) is 21.4. The number of carbonyl (C=O) groups excluding carboxylic acids is 1. The fourth-order valence-electron chi connectivity index (χ4n) is 4.16. The zero-order valence-electron chi connectivity index (χ0n) is 21.4. The summed E-state index contributed by atoms with van der Waals surface area (Å²) < 4.78 is 35.0. The first-order valence-electron chi connectivity index (χ1n) is 11.4. The predicted molar refractivity (Wildman–Crippen MR) is 135 cm³/mol. The second-order valence-electron chi connectivity index (χ2n) is 7.59. The number of methoxy groups -OCH3 is 5. The summed E-state index contributed by atoms with van der Waals surface area (Å²) in [6, 6.07) is 11.4. The smallest absolute Gasteiger partial charge is 0.261 e. The molecule has 0 fully saturated rings. The van der Waals surface area contributed by atoms with Crippen LogP contribution in [0, 0.1) is 0 Å². The van der Waals surface area contributed by atoms with Gasteiger partial charge in [0.2, 0.25) is 0 Å². The van der Waals surface area contributed by atoms with Crippen molar-refractivity contribution in [2.24, 2.45) is 0 Å². The van der Waals surface area contributed by atoms with Gasteiger partial charge >= 0.3 is 0 Å². The molecular weight excluding hydrogens is 450 g/mol. The minimum atomic E-state index is -0.244. The van der Waals surface area contributed by atoms with Crippen molar-refractivity contribution < 1.29 is 33.2 Å². The average Bonchev–Trinajstić information content (AvgIpc) is 2.90. The first-order valence-corrected chi connectivity index (χ1v) is 11.4. The SMILES string of the molecule is CCN(CC)C(=O)c1c(OCc2ccccc2)c(OC)c2c(OC)c(OC)cc(OC)c2c1OC. The van der Waals surface area contributed by atoms with Gasteiger partial charge in [-0.1, -0.05) is 30.3 Å². The quantitative estimate of drug-likeness (QED) is 0.382. The minimum Gasteiger partial charge on any atom is -0.496 e. The molecule has 0 aromatic heterocycles. The molecule has 0 atom stereocenters. The van der Waals surface area contributed by atoms with Crippen LogP contribution in [0.15, 0.2) is 36.4 Å². The van der Waals surface area contributed by atoms with Crippen LogP contribution in [0.2, 0.25) is 0 Å². The fraction of sp³-hybridized carbons (Fsp3) is 0.370. The highest BCUT2D eigenvalue weighted by atomic mass is 16.5. The van der Waals surface area contributed by atoms with Gasteiger partial charge in [-0.15, -0.1) is 0 Å². The van der Waals surface area contributed by atoms with Crippen molar-refractivity contribution in [2.75, 3.05) is 48.6 Å². The van der Waals surface area contributed by atoms with Crippen molar-refractivity contribution >= 4 is 16.7 Å². The Bertz CT molecular complexity index is 1170. The predicted octanol–water partition coefficient (Wildman–Crippen LogP) is 4.94. The summed E-state index contributed by atoms with van der Waals surface area (Å²) in [5, 5.41) is 1.04. The lowest BCUT2D eigenvalue weighted by molar-refractivity contribution is 0.0764. The van der Waals surface area contributed by atoms with E-state index < -0.39 is 0 Å². The topological polar surface area (TPSA) is 75.7 Å². The number of amides is 1. The number of hydrogen-bond donors (Lipinski definition) is 0. The van der Waals surface area contributed by atoms with E-state index >= 15 is 0 Å². The van der Waals surface area contributed by atoms with E-state index in [9.17, 15) is 4.79 Å². The molecule has 0 aliphatic rings. The summed E-state index contributed by atoms with van der Waals surface area (Å²) in [4.78, 5) is 15.5. The van der Waals surface area contributed by atoms with E-state index in [0.717, 1.165) is 5.56 Å².